The molecule has 0 radical (unpaired) electrons. The number of para-hydroxylation sites is 1. The van der Waals surface area contributed by atoms with Crippen LogP contribution in [-0.2, 0) is 0 Å². The predicted molar refractivity (Wildman–Crippen MR) is 77.0 cm³/mol. The zero-order valence-electron chi connectivity index (χ0n) is 12.2. The molecule has 5 heteroatoms. The van der Waals surface area contributed by atoms with Crippen LogP contribution in [0.4, 0.5) is 0 Å². The molecule has 0 spiro atoms. The lowest BCUT2D eigenvalue weighted by atomic mass is 10.1. The van der Waals surface area contributed by atoms with Crippen LogP contribution in [0, 0.1) is 0 Å². The molecule has 2 rings (SSSR count). The largest absolute Gasteiger partial charge is 0.496 e. The van der Waals surface area contributed by atoms with Crippen LogP contribution >= 0.6 is 0 Å². The van der Waals surface area contributed by atoms with Gasteiger partial charge in [0.1, 0.15) is 5.75 Å². The van der Waals surface area contributed by atoms with Crippen molar-refractivity contribution in [3.63, 3.8) is 0 Å². The van der Waals surface area contributed by atoms with Gasteiger partial charge >= 0.3 is 0 Å². The molecule has 0 saturated carbocycles. The van der Waals surface area contributed by atoms with Gasteiger partial charge in [0.15, 0.2) is 0 Å². The van der Waals surface area contributed by atoms with Gasteiger partial charge < -0.3 is 19.6 Å². The van der Waals surface area contributed by atoms with Crippen molar-refractivity contribution in [2.45, 2.75) is 18.6 Å². The Morgan fingerprint density at radius 3 is 2.80 bits per heavy atom. The number of β-amino-alcohol motifs (C(OH)–C–C–N with tert-alkyl or cyclic N) is 1. The molecular weight excluding hydrogens is 256 g/mol. The van der Waals surface area contributed by atoms with Crippen LogP contribution in [-0.4, -0.2) is 67.3 Å². The molecule has 1 fully saturated rings. The van der Waals surface area contributed by atoms with Crippen LogP contribution in [0.15, 0.2) is 24.3 Å². The highest BCUT2D eigenvalue weighted by atomic mass is 16.5. The normalized spacial score (nSPS) is 22.4. The standard InChI is InChI=1S/C15H22N2O3/c1-16(2)9-11-8-12(18)10-17(11)15(19)13-6-4-5-7-14(13)20-3/h4-7,11-12,18H,8-10H2,1-3H3. The Labute approximate surface area is 119 Å². The third-order valence-electron chi connectivity index (χ3n) is 3.57. The number of benzene rings is 1. The van der Waals surface area contributed by atoms with Gasteiger partial charge in [-0.3, -0.25) is 4.79 Å². The zero-order chi connectivity index (χ0) is 14.7. The summed E-state index contributed by atoms with van der Waals surface area (Å²) < 4.78 is 5.25. The summed E-state index contributed by atoms with van der Waals surface area (Å²) in [6.45, 7) is 1.13. The first-order valence-corrected chi connectivity index (χ1v) is 6.79. The second-order valence-corrected chi connectivity index (χ2v) is 5.46. The van der Waals surface area contributed by atoms with Crippen molar-refractivity contribution in [1.82, 2.24) is 9.80 Å². The molecule has 1 amide bonds. The maximum Gasteiger partial charge on any atom is 0.258 e. The summed E-state index contributed by atoms with van der Waals surface area (Å²) >= 11 is 0. The highest BCUT2D eigenvalue weighted by Crippen LogP contribution is 2.25. The minimum atomic E-state index is -0.446. The van der Waals surface area contributed by atoms with Crippen molar-refractivity contribution < 1.29 is 14.6 Å². The molecule has 1 saturated heterocycles. The summed E-state index contributed by atoms with van der Waals surface area (Å²) in [5.41, 5.74) is 0.549. The van der Waals surface area contributed by atoms with E-state index in [-0.39, 0.29) is 11.9 Å². The summed E-state index contributed by atoms with van der Waals surface area (Å²) in [5.74, 6) is 0.494. The maximum atomic E-state index is 12.7. The second kappa shape index (κ2) is 6.24. The molecule has 0 aliphatic carbocycles. The molecule has 0 bridgehead atoms. The third-order valence-corrected chi connectivity index (χ3v) is 3.57. The first kappa shape index (κ1) is 14.8. The molecule has 5 nitrogen and oxygen atoms in total. The van der Waals surface area contributed by atoms with Crippen LogP contribution in [0.25, 0.3) is 0 Å². The van der Waals surface area contributed by atoms with Crippen LogP contribution in [0.2, 0.25) is 0 Å². The van der Waals surface area contributed by atoms with Gasteiger partial charge in [-0.15, -0.1) is 0 Å². The fraction of sp³-hybridized carbons (Fsp3) is 0.533. The van der Waals surface area contributed by atoms with Crippen molar-refractivity contribution >= 4 is 5.91 Å². The Morgan fingerprint density at radius 2 is 2.15 bits per heavy atom. The number of hydrogen-bond acceptors (Lipinski definition) is 4. The highest BCUT2D eigenvalue weighted by Gasteiger charge is 2.35. The Kier molecular flexibility index (Phi) is 4.62. The van der Waals surface area contributed by atoms with E-state index >= 15 is 0 Å². The summed E-state index contributed by atoms with van der Waals surface area (Å²) in [7, 11) is 5.50. The summed E-state index contributed by atoms with van der Waals surface area (Å²) in [4.78, 5) is 16.5. The van der Waals surface area contributed by atoms with Crippen LogP contribution in [0.5, 0.6) is 5.75 Å². The first-order chi connectivity index (χ1) is 9.52. The van der Waals surface area contributed by atoms with Gasteiger partial charge in [0.25, 0.3) is 5.91 Å². The summed E-state index contributed by atoms with van der Waals surface area (Å²) in [6.07, 6.45) is 0.178. The van der Waals surface area contributed by atoms with E-state index in [1.165, 1.54) is 0 Å². The molecule has 110 valence electrons. The number of ether oxygens (including phenoxy) is 1. The van der Waals surface area contributed by atoms with Crippen molar-refractivity contribution in [2.24, 2.45) is 0 Å². The minimum Gasteiger partial charge on any atom is -0.496 e. The van der Waals surface area contributed by atoms with Crippen molar-refractivity contribution in [1.29, 1.82) is 0 Å². The number of carbonyl (C=O) groups excluding carboxylic acids is 1. The number of hydrogen-bond donors (Lipinski definition) is 1. The Bertz CT molecular complexity index is 476. The maximum absolute atomic E-state index is 12.7. The zero-order valence-corrected chi connectivity index (χ0v) is 12.2. The van der Waals surface area contributed by atoms with E-state index in [0.717, 1.165) is 6.54 Å². The van der Waals surface area contributed by atoms with E-state index in [1.54, 1.807) is 24.1 Å². The molecule has 1 N–H and O–H groups in total. The monoisotopic (exact) mass is 278 g/mol. The Balaban J connectivity index is 2.22. The fourth-order valence-electron chi connectivity index (χ4n) is 2.71. The number of methoxy groups -OCH3 is 1. The number of likely N-dealkylation sites (N-methyl/N-ethyl adjacent to an activating group) is 1. The SMILES string of the molecule is COc1ccccc1C(=O)N1CC(O)CC1CN(C)C. The van der Waals surface area contributed by atoms with Gasteiger partial charge in [-0.05, 0) is 32.6 Å². The summed E-state index contributed by atoms with van der Waals surface area (Å²) in [6, 6.07) is 7.24. The number of aliphatic hydroxyl groups is 1. The number of nitrogens with zero attached hydrogens (tertiary/aromatic N) is 2. The quantitative estimate of drug-likeness (QED) is 0.886. The van der Waals surface area contributed by atoms with E-state index < -0.39 is 6.10 Å². The lowest BCUT2D eigenvalue weighted by Crippen LogP contribution is -2.41. The van der Waals surface area contributed by atoms with Gasteiger partial charge in [0.05, 0.1) is 18.8 Å². The highest BCUT2D eigenvalue weighted by molar-refractivity contribution is 5.97. The van der Waals surface area contributed by atoms with E-state index in [2.05, 4.69) is 0 Å². The molecule has 1 aromatic carbocycles. The molecule has 20 heavy (non-hydrogen) atoms. The van der Waals surface area contributed by atoms with Gasteiger partial charge in [0.2, 0.25) is 0 Å². The van der Waals surface area contributed by atoms with E-state index in [1.807, 2.05) is 31.1 Å². The van der Waals surface area contributed by atoms with Gasteiger partial charge in [0, 0.05) is 19.1 Å². The molecule has 1 aliphatic heterocycles. The summed E-state index contributed by atoms with van der Waals surface area (Å²) in [5, 5.41) is 9.86. The molecular formula is C15H22N2O3. The number of carbonyl (C=O) groups is 1. The van der Waals surface area contributed by atoms with Crippen molar-refractivity contribution in [3.05, 3.63) is 29.8 Å². The lowest BCUT2D eigenvalue weighted by Gasteiger charge is -2.27. The average molecular weight is 278 g/mol. The fourth-order valence-corrected chi connectivity index (χ4v) is 2.71. The molecule has 1 aromatic rings. The molecule has 2 atom stereocenters. The molecule has 2 unspecified atom stereocenters. The topological polar surface area (TPSA) is 53.0 Å². The average Bonchev–Trinajstić information content (AvgIpc) is 2.77. The first-order valence-electron chi connectivity index (χ1n) is 6.79. The molecule has 1 heterocycles. The predicted octanol–water partition coefficient (Wildman–Crippen LogP) is 0.832. The second-order valence-electron chi connectivity index (χ2n) is 5.46. The van der Waals surface area contributed by atoms with Crippen molar-refractivity contribution in [2.75, 3.05) is 34.3 Å². The van der Waals surface area contributed by atoms with Crippen LogP contribution < -0.4 is 4.74 Å². The van der Waals surface area contributed by atoms with Gasteiger partial charge in [-0.1, -0.05) is 12.1 Å². The van der Waals surface area contributed by atoms with Gasteiger partial charge in [-0.2, -0.15) is 0 Å². The molecule has 0 aromatic heterocycles. The Hall–Kier alpha value is -1.59. The van der Waals surface area contributed by atoms with E-state index in [4.69, 9.17) is 4.74 Å². The van der Waals surface area contributed by atoms with E-state index in [0.29, 0.717) is 24.3 Å². The van der Waals surface area contributed by atoms with Crippen LogP contribution in [0.3, 0.4) is 0 Å². The Morgan fingerprint density at radius 1 is 1.45 bits per heavy atom. The number of amides is 1. The van der Waals surface area contributed by atoms with E-state index in [9.17, 15) is 9.90 Å². The van der Waals surface area contributed by atoms with Crippen molar-refractivity contribution in [3.8, 4) is 5.75 Å². The number of likely N-dealkylation sites (tertiary alicyclic amines) is 1. The lowest BCUT2D eigenvalue weighted by molar-refractivity contribution is 0.0696. The smallest absolute Gasteiger partial charge is 0.258 e. The number of aliphatic hydroxyl groups excluding tert-OH is 1. The van der Waals surface area contributed by atoms with Crippen LogP contribution in [0.1, 0.15) is 16.8 Å². The minimum absolute atomic E-state index is 0.0393. The van der Waals surface area contributed by atoms with Gasteiger partial charge in [-0.25, -0.2) is 0 Å². The number of rotatable bonds is 4. The molecule has 1 aliphatic rings. The third kappa shape index (κ3) is 3.11.